The van der Waals surface area contributed by atoms with Gasteiger partial charge in [-0.15, -0.1) is 29.8 Å². The fraction of sp³-hybridized carbons (Fsp3) is 0.703. The zero-order chi connectivity index (χ0) is 69.7. The van der Waals surface area contributed by atoms with Gasteiger partial charge in [0.25, 0.3) is 29.8 Å². The van der Waals surface area contributed by atoms with E-state index in [9.17, 15) is 28.8 Å². The van der Waals surface area contributed by atoms with Gasteiger partial charge in [-0.1, -0.05) is 132 Å². The number of carbonyl (C=O) groups is 10. The van der Waals surface area contributed by atoms with Crippen molar-refractivity contribution in [2.45, 2.75) is 200 Å². The van der Waals surface area contributed by atoms with Crippen molar-refractivity contribution >= 4 is 89.0 Å². The molecule has 89 heavy (non-hydrogen) atoms. The van der Waals surface area contributed by atoms with Crippen LogP contribution in [0, 0.1) is 63.6 Å². The number of hydrogen-bond donors (Lipinski definition) is 5. The van der Waals surface area contributed by atoms with E-state index in [-0.39, 0.29) is 87.8 Å². The number of ketones is 1. The number of aliphatic hydroxyl groups excluding tert-OH is 1. The third-order valence-corrected chi connectivity index (χ3v) is 13.0. The summed E-state index contributed by atoms with van der Waals surface area (Å²) in [7, 11) is 1.30. The molecule has 25 heteroatoms. The Morgan fingerprint density at radius 3 is 1.17 bits per heavy atom. The van der Waals surface area contributed by atoms with Gasteiger partial charge in [0, 0.05) is 66.8 Å². The number of aliphatic carboxylic acids is 4. The van der Waals surface area contributed by atoms with E-state index in [0.29, 0.717) is 35.9 Å². The van der Waals surface area contributed by atoms with Gasteiger partial charge in [0.05, 0.1) is 36.4 Å². The number of carboxylic acid groups (broad SMARTS) is 4. The molecule has 0 aromatic rings. The summed E-state index contributed by atoms with van der Waals surface area (Å²) >= 11 is 9.53. The van der Waals surface area contributed by atoms with E-state index in [4.69, 9.17) is 87.7 Å². The third kappa shape index (κ3) is 46.2. The van der Waals surface area contributed by atoms with E-state index in [1.54, 1.807) is 0 Å². The second kappa shape index (κ2) is 51.1. The number of nitrogens with zero attached hydrogens (tertiary/aromatic N) is 4. The molecule has 2 saturated heterocycles. The Bertz CT molecular complexity index is 2220. The van der Waals surface area contributed by atoms with Crippen LogP contribution in [0.4, 0.5) is 9.59 Å². The maximum atomic E-state index is 12.6. The van der Waals surface area contributed by atoms with E-state index in [2.05, 4.69) is 85.8 Å². The monoisotopic (exact) mass is 1400 g/mol. The number of ether oxygens (including phenoxy) is 3. The Morgan fingerprint density at radius 2 is 0.944 bits per heavy atom. The van der Waals surface area contributed by atoms with Gasteiger partial charge in [0.15, 0.2) is 0 Å². The molecule has 22 nitrogen and oxygen atoms in total. The maximum absolute atomic E-state index is 12.6. The fourth-order valence-electron chi connectivity index (χ4n) is 8.66. The van der Waals surface area contributed by atoms with Crippen molar-refractivity contribution in [3.8, 4) is 0 Å². The predicted molar refractivity (Wildman–Crippen MR) is 348 cm³/mol. The van der Waals surface area contributed by atoms with E-state index in [0.717, 1.165) is 51.3 Å². The number of rotatable bonds is 10. The van der Waals surface area contributed by atoms with Gasteiger partial charge in [-0.3, -0.25) is 38.4 Å². The minimum Gasteiger partial charge on any atom is -0.481 e. The molecule has 521 valence electrons. The standard InChI is InChI=1S/C14H21NO5.C11H17NO3.C11H20.C10H18O.C4H8.C3H4N2O.4C2H4O2.CH2Cl2.2CH4.Rh/c1-7(2)8-6-20-13(18)15(8)11(16)9-10(12(17)19-5)14(9,3)4;1-7(2)5-10(13)12-9(8(3)4)6-15-11(12)14;1-6-9-10(7-8(2)3)11(9,4)5;1-7(2)5-8-9(6-11)10(8,3)4;1-4(2)3;1-3(6)2-5-4;4*1-2(3)4;2-1-3;;;/h7-10H,6H2,1-5H3;5,8-9H,6H2,1-4H3;7,9-10H,6H2,1-5H3;5,8-9,11H,6H2,1-4H3;1H2,2-3H3;2H,1H3;4*1H3,(H,3,4);1H2;2*1H4;/t8-,9?,10-;9-;9?,10-;8-,9+;;;;;;;;;;/m1100........../s1. The van der Waals surface area contributed by atoms with E-state index < -0.39 is 59.3 Å². The average Bonchev–Trinajstić information content (AvgIpc) is 4.04. The number of cyclic esters (lactones) is 2. The van der Waals surface area contributed by atoms with E-state index >= 15 is 0 Å². The average molecular weight is 1400 g/mol. The third-order valence-electron chi connectivity index (χ3n) is 13.0. The van der Waals surface area contributed by atoms with Crippen LogP contribution in [0.3, 0.4) is 0 Å². The number of amides is 4. The van der Waals surface area contributed by atoms with Crippen LogP contribution in [0.15, 0.2) is 47.1 Å². The number of methoxy groups -OCH3 is 1. The summed E-state index contributed by atoms with van der Waals surface area (Å²) in [5, 5.41) is 38.9. The molecule has 5 rings (SSSR count). The normalized spacial score (nSPS) is 20.7. The van der Waals surface area contributed by atoms with Crippen LogP contribution in [0.5, 0.6) is 0 Å². The number of carbonyl (C=O) groups excluding carboxylic acids is 6. The summed E-state index contributed by atoms with van der Waals surface area (Å²) in [5.74, 6) is -2.36. The number of Topliss-reactive ketones (excluding diaryl/α,β-unsaturated/α-hetero) is 1. The van der Waals surface area contributed by atoms with Gasteiger partial charge < -0.3 is 45.3 Å². The fourth-order valence-corrected chi connectivity index (χ4v) is 8.66. The van der Waals surface area contributed by atoms with Crippen molar-refractivity contribution in [3.05, 3.63) is 52.6 Å². The minimum absolute atomic E-state index is 0. The molecule has 0 spiro atoms. The largest absolute Gasteiger partial charge is 0.481 e. The van der Waals surface area contributed by atoms with Crippen molar-refractivity contribution < 1.29 is 112 Å². The predicted octanol–water partition coefficient (Wildman–Crippen LogP) is 13.8. The first kappa shape index (κ1) is 102. The number of carboxylic acids is 4. The molecule has 0 bridgehead atoms. The van der Waals surface area contributed by atoms with Crippen LogP contribution in [0.2, 0.25) is 0 Å². The van der Waals surface area contributed by atoms with E-state index in [1.165, 1.54) is 53.0 Å². The molecule has 2 heterocycles. The number of aliphatic hydroxyl groups is 1. The summed E-state index contributed by atoms with van der Waals surface area (Å²) in [4.78, 5) is 110. The topological polar surface area (TPSA) is 342 Å². The molecule has 8 atom stereocenters. The zero-order valence-corrected chi connectivity index (χ0v) is 59.4. The van der Waals surface area contributed by atoms with Gasteiger partial charge in [-0.25, -0.2) is 19.4 Å². The number of hydrogen-bond acceptors (Lipinski definition) is 14. The summed E-state index contributed by atoms with van der Waals surface area (Å²) in [6.07, 6.45) is 7.20. The van der Waals surface area contributed by atoms with Crippen molar-refractivity contribution in [2.24, 2.45) is 63.6 Å². The first-order valence-corrected chi connectivity index (χ1v) is 28.9. The molecule has 1 radical (unpaired) electrons. The zero-order valence-electron chi connectivity index (χ0n) is 56.2. The van der Waals surface area contributed by atoms with Crippen LogP contribution in [-0.2, 0) is 72.0 Å². The summed E-state index contributed by atoms with van der Waals surface area (Å²) in [6.45, 7) is 49.2. The number of esters is 1. The molecule has 2 unspecified atom stereocenters. The second-order valence-electron chi connectivity index (χ2n) is 23.9. The first-order valence-electron chi connectivity index (χ1n) is 27.8. The summed E-state index contributed by atoms with van der Waals surface area (Å²) < 4.78 is 14.6. The SMILES string of the molecule is C.C.C=C(C)C.CC(=O)C=[N+]=[N-].CC(=O)O.CC(=O)O.CC(=O)O.CC(=O)O.CC(C)=CC(=O)N1C(=O)OC[C@@H]1C(C)C.CC(C)=C[C@H]1[C@@H](CO)C1(C)C.CCC1[C@H](C=C(C)C)C1(C)C.COC(=O)[C@H]1C(C(=O)N2C(=O)OC[C@@H]2C(C)C)C1(C)C.ClCCl.[Rh]. The van der Waals surface area contributed by atoms with E-state index in [1.807, 2.05) is 69.2 Å². The van der Waals surface area contributed by atoms with Gasteiger partial charge in [-0.2, -0.15) is 4.79 Å². The molecule has 5 N–H and O–H groups in total. The Labute approximate surface area is 556 Å². The van der Waals surface area contributed by atoms with Crippen molar-refractivity contribution in [1.82, 2.24) is 9.80 Å². The quantitative estimate of drug-likeness (QED) is 0.0156. The molecule has 5 aliphatic rings. The molecule has 3 aliphatic carbocycles. The van der Waals surface area contributed by atoms with Crippen LogP contribution in [0.1, 0.15) is 187 Å². The summed E-state index contributed by atoms with van der Waals surface area (Å²) in [6, 6.07) is -0.398. The van der Waals surface area contributed by atoms with Crippen LogP contribution < -0.4 is 0 Å². The molecule has 3 saturated carbocycles. The Morgan fingerprint density at radius 1 is 0.640 bits per heavy atom. The number of alkyl halides is 2. The Balaban J connectivity index is -0.000000120. The number of allylic oxidation sites excluding steroid dienone is 6. The number of imide groups is 2. The van der Waals surface area contributed by atoms with Gasteiger partial charge >= 0.3 is 24.4 Å². The molecule has 4 amide bonds. The minimum atomic E-state index is -0.833. The van der Waals surface area contributed by atoms with Gasteiger partial charge in [-0.05, 0) is 107 Å². The number of halogens is 2. The van der Waals surface area contributed by atoms with Crippen molar-refractivity contribution in [2.75, 3.05) is 32.3 Å². The summed E-state index contributed by atoms with van der Waals surface area (Å²) in [5.41, 5.74) is 12.9. The molecule has 5 fully saturated rings. The molecular weight excluding hydrogens is 1290 g/mol. The maximum Gasteiger partial charge on any atom is 0.417 e. The second-order valence-corrected chi connectivity index (χ2v) is 24.7. The van der Waals surface area contributed by atoms with Crippen LogP contribution in [0.25, 0.3) is 5.53 Å². The van der Waals surface area contributed by atoms with Gasteiger partial charge in [0.2, 0.25) is 11.7 Å². The molecule has 0 aromatic heterocycles. The van der Waals surface area contributed by atoms with Crippen LogP contribution >= 0.6 is 23.2 Å². The smallest absolute Gasteiger partial charge is 0.417 e. The van der Waals surface area contributed by atoms with Gasteiger partial charge in [0.1, 0.15) is 13.2 Å². The van der Waals surface area contributed by atoms with Crippen molar-refractivity contribution in [3.63, 3.8) is 0 Å². The molecule has 2 aliphatic heterocycles. The molecule has 0 aromatic carbocycles. The van der Waals surface area contributed by atoms with Crippen LogP contribution in [-0.4, -0.2) is 150 Å². The Kier molecular flexibility index (Phi) is 58.7. The first-order chi connectivity index (χ1) is 39.0. The molecular formula is C64H114Cl2N4O18Rh. The Hall–Kier alpha value is -5.60. The van der Waals surface area contributed by atoms with Crippen molar-refractivity contribution in [1.29, 1.82) is 0 Å².